The zero-order valence-corrected chi connectivity index (χ0v) is 20.3. The third kappa shape index (κ3) is 4.76. The number of carbonyl (C=O) groups excluding carboxylic acids is 2. The van der Waals surface area contributed by atoms with Gasteiger partial charge >= 0.3 is 0 Å². The Kier molecular flexibility index (Phi) is 7.11. The highest BCUT2D eigenvalue weighted by Gasteiger charge is 2.46. The number of aliphatic hydroxyl groups excluding tert-OH is 1. The maximum absolute atomic E-state index is 13.3. The van der Waals surface area contributed by atoms with Crippen molar-refractivity contribution in [1.82, 2.24) is 9.80 Å². The van der Waals surface area contributed by atoms with Crippen LogP contribution in [-0.2, 0) is 14.3 Å². The number of hydrogen-bond donors (Lipinski definition) is 1. The fourth-order valence-corrected chi connectivity index (χ4v) is 4.90. The number of nitrogens with zero attached hydrogens (tertiary/aromatic N) is 2. The molecule has 1 N–H and O–H groups in total. The Morgan fingerprint density at radius 2 is 1.78 bits per heavy atom. The third-order valence-corrected chi connectivity index (χ3v) is 6.74. The van der Waals surface area contributed by atoms with Gasteiger partial charge in [-0.15, -0.1) is 0 Å². The molecule has 0 bridgehead atoms. The topological polar surface area (TPSA) is 97.8 Å². The van der Waals surface area contributed by atoms with Gasteiger partial charge in [0.25, 0.3) is 11.7 Å². The highest BCUT2D eigenvalue weighted by molar-refractivity contribution is 6.46. The lowest BCUT2D eigenvalue weighted by Crippen LogP contribution is -2.38. The first kappa shape index (κ1) is 24.1. The number of aliphatic hydroxyl groups is 1. The van der Waals surface area contributed by atoms with Crippen molar-refractivity contribution < 1.29 is 33.6 Å². The molecule has 0 spiro atoms. The van der Waals surface area contributed by atoms with Crippen molar-refractivity contribution in [2.24, 2.45) is 0 Å². The molecule has 3 heterocycles. The second kappa shape index (κ2) is 10.6. The van der Waals surface area contributed by atoms with Crippen molar-refractivity contribution in [3.8, 4) is 17.2 Å². The molecule has 0 unspecified atom stereocenters. The fourth-order valence-electron chi connectivity index (χ4n) is 4.90. The third-order valence-electron chi connectivity index (χ3n) is 6.74. The number of likely N-dealkylation sites (tertiary alicyclic amines) is 1. The van der Waals surface area contributed by atoms with Crippen molar-refractivity contribution in [3.63, 3.8) is 0 Å². The minimum absolute atomic E-state index is 0.0521. The second-order valence-corrected chi connectivity index (χ2v) is 8.94. The van der Waals surface area contributed by atoms with Crippen molar-refractivity contribution in [2.75, 3.05) is 59.7 Å². The summed E-state index contributed by atoms with van der Waals surface area (Å²) in [5.41, 5.74) is 1.13. The summed E-state index contributed by atoms with van der Waals surface area (Å²) in [5.74, 6) is 0.0960. The van der Waals surface area contributed by atoms with Gasteiger partial charge in [0, 0.05) is 31.7 Å². The second-order valence-electron chi connectivity index (χ2n) is 8.94. The van der Waals surface area contributed by atoms with Crippen LogP contribution in [0.5, 0.6) is 17.2 Å². The van der Waals surface area contributed by atoms with Crippen molar-refractivity contribution >= 4 is 17.4 Å². The van der Waals surface area contributed by atoms with E-state index in [1.807, 2.05) is 12.1 Å². The predicted octanol–water partition coefficient (Wildman–Crippen LogP) is 2.61. The Labute approximate surface area is 209 Å². The zero-order chi connectivity index (χ0) is 25.1. The van der Waals surface area contributed by atoms with Crippen LogP contribution in [0.15, 0.2) is 48.0 Å². The van der Waals surface area contributed by atoms with Crippen LogP contribution in [0.2, 0.25) is 0 Å². The van der Waals surface area contributed by atoms with E-state index in [-0.39, 0.29) is 11.3 Å². The molecule has 5 rings (SSSR count). The lowest BCUT2D eigenvalue weighted by atomic mass is 9.95. The molecule has 9 heteroatoms. The van der Waals surface area contributed by atoms with Crippen LogP contribution in [0, 0.1) is 0 Å². The van der Waals surface area contributed by atoms with E-state index in [1.165, 1.54) is 0 Å². The van der Waals surface area contributed by atoms with Crippen LogP contribution >= 0.6 is 0 Å². The van der Waals surface area contributed by atoms with Gasteiger partial charge in [-0.05, 0) is 42.3 Å². The van der Waals surface area contributed by atoms with Gasteiger partial charge in [0.2, 0.25) is 0 Å². The number of morpholine rings is 1. The number of rotatable bonds is 7. The van der Waals surface area contributed by atoms with Crippen LogP contribution < -0.4 is 14.2 Å². The summed E-state index contributed by atoms with van der Waals surface area (Å²) >= 11 is 0. The molecule has 1 atom stereocenters. The molecule has 36 heavy (non-hydrogen) atoms. The van der Waals surface area contributed by atoms with Crippen molar-refractivity contribution in [2.45, 2.75) is 12.5 Å². The quantitative estimate of drug-likeness (QED) is 0.357. The molecule has 3 aliphatic heterocycles. The van der Waals surface area contributed by atoms with Crippen LogP contribution in [-0.4, -0.2) is 86.3 Å². The van der Waals surface area contributed by atoms with E-state index in [4.69, 9.17) is 18.9 Å². The largest absolute Gasteiger partial charge is 0.507 e. The van der Waals surface area contributed by atoms with Crippen LogP contribution in [0.4, 0.5) is 0 Å². The number of Topliss-reactive ketones (excluding diaryl/α,β-unsaturated/α-hetero) is 1. The van der Waals surface area contributed by atoms with Gasteiger partial charge in [-0.3, -0.25) is 14.5 Å². The Bertz CT molecular complexity index is 1170. The maximum atomic E-state index is 13.3. The Morgan fingerprint density at radius 3 is 2.56 bits per heavy atom. The van der Waals surface area contributed by atoms with Crippen LogP contribution in [0.25, 0.3) is 5.76 Å². The van der Waals surface area contributed by atoms with E-state index < -0.39 is 17.7 Å². The molecule has 190 valence electrons. The number of amides is 1. The monoisotopic (exact) mass is 494 g/mol. The number of ether oxygens (including phenoxy) is 4. The fraction of sp³-hybridized carbons (Fsp3) is 0.407. The minimum atomic E-state index is -0.738. The van der Waals surface area contributed by atoms with Crippen molar-refractivity contribution in [3.05, 3.63) is 59.2 Å². The Morgan fingerprint density at radius 1 is 1.00 bits per heavy atom. The first-order valence-electron chi connectivity index (χ1n) is 12.2. The van der Waals surface area contributed by atoms with Crippen LogP contribution in [0.1, 0.15) is 23.6 Å². The highest BCUT2D eigenvalue weighted by Crippen LogP contribution is 2.41. The molecule has 0 radical (unpaired) electrons. The summed E-state index contributed by atoms with van der Waals surface area (Å²) in [6.45, 7) is 5.11. The first-order valence-corrected chi connectivity index (χ1v) is 12.2. The van der Waals surface area contributed by atoms with Gasteiger partial charge < -0.3 is 29.0 Å². The summed E-state index contributed by atoms with van der Waals surface area (Å²) in [6.07, 6.45) is 0.692. The molecule has 0 saturated carbocycles. The van der Waals surface area contributed by atoms with E-state index in [0.29, 0.717) is 67.8 Å². The smallest absolute Gasteiger partial charge is 0.295 e. The molecular weight excluding hydrogens is 464 g/mol. The molecule has 2 fully saturated rings. The molecule has 0 aromatic heterocycles. The average Bonchev–Trinajstić information content (AvgIpc) is 3.18. The van der Waals surface area contributed by atoms with Gasteiger partial charge in [0.15, 0.2) is 11.5 Å². The molecule has 2 aromatic carbocycles. The average molecular weight is 495 g/mol. The summed E-state index contributed by atoms with van der Waals surface area (Å²) in [7, 11) is 1.56. The van der Waals surface area contributed by atoms with Gasteiger partial charge in [-0.1, -0.05) is 12.1 Å². The molecule has 0 aliphatic carbocycles. The van der Waals surface area contributed by atoms with Crippen molar-refractivity contribution in [1.29, 1.82) is 0 Å². The van der Waals surface area contributed by atoms with Gasteiger partial charge in [0.05, 0.1) is 31.9 Å². The lowest BCUT2D eigenvalue weighted by molar-refractivity contribution is -0.140. The predicted molar refractivity (Wildman–Crippen MR) is 131 cm³/mol. The number of methoxy groups -OCH3 is 1. The molecule has 1 amide bonds. The van der Waals surface area contributed by atoms with Gasteiger partial charge in [-0.2, -0.15) is 0 Å². The van der Waals surface area contributed by atoms with Gasteiger partial charge in [0.1, 0.15) is 24.7 Å². The number of hydrogen-bond acceptors (Lipinski definition) is 8. The molecule has 3 aliphatic rings. The first-order chi connectivity index (χ1) is 17.6. The number of benzene rings is 2. The summed E-state index contributed by atoms with van der Waals surface area (Å²) in [4.78, 5) is 30.4. The number of ketones is 1. The van der Waals surface area contributed by atoms with Crippen LogP contribution in [0.3, 0.4) is 0 Å². The lowest BCUT2D eigenvalue weighted by Gasteiger charge is -2.29. The maximum Gasteiger partial charge on any atom is 0.295 e. The summed E-state index contributed by atoms with van der Waals surface area (Å²) < 4.78 is 22.0. The normalized spacial score (nSPS) is 21.6. The summed E-state index contributed by atoms with van der Waals surface area (Å²) in [5, 5.41) is 11.3. The van der Waals surface area contributed by atoms with E-state index in [2.05, 4.69) is 4.90 Å². The molecule has 2 saturated heterocycles. The van der Waals surface area contributed by atoms with E-state index in [0.717, 1.165) is 19.6 Å². The molecular formula is C27H30N2O7. The number of fused-ring (bicyclic) bond motifs is 1. The van der Waals surface area contributed by atoms with E-state index >= 15 is 0 Å². The Balaban J connectivity index is 1.49. The van der Waals surface area contributed by atoms with Gasteiger partial charge in [-0.25, -0.2) is 0 Å². The standard InChI is InChI=1S/C27H30N2O7/c1-33-20-5-2-4-18(16-20)24-23(25(30)19-6-7-21-22(17-19)36-15-14-35-21)26(31)27(32)29(24)9-3-8-28-10-12-34-13-11-28/h2,4-7,16-17,24,30H,3,8-15H2,1H3/t24-/m0/s1. The zero-order valence-electron chi connectivity index (χ0n) is 20.3. The molecule has 9 nitrogen and oxygen atoms in total. The number of carbonyl (C=O) groups is 2. The summed E-state index contributed by atoms with van der Waals surface area (Å²) in [6, 6.07) is 11.5. The highest BCUT2D eigenvalue weighted by atomic mass is 16.6. The SMILES string of the molecule is COc1cccc([C@H]2C(=C(O)c3ccc4c(c3)OCCO4)C(=O)C(=O)N2CCCN2CCOCC2)c1. The Hall–Kier alpha value is -3.56. The van der Waals surface area contributed by atoms with E-state index in [1.54, 1.807) is 42.3 Å². The van der Waals surface area contributed by atoms with E-state index in [9.17, 15) is 14.7 Å². The minimum Gasteiger partial charge on any atom is -0.507 e. The molecule has 2 aromatic rings.